The highest BCUT2D eigenvalue weighted by Gasteiger charge is 2.03. The van der Waals surface area contributed by atoms with Crippen molar-refractivity contribution in [2.45, 2.75) is 20.3 Å². The molecule has 0 saturated heterocycles. The molecule has 0 aromatic carbocycles. The monoisotopic (exact) mass is 208 g/mol. The third kappa shape index (κ3) is 6.37. The Morgan fingerprint density at radius 2 is 2.20 bits per heavy atom. The first-order chi connectivity index (χ1) is 7.26. The fourth-order valence-electron chi connectivity index (χ4n) is 0.902. The number of nitrogens with zero attached hydrogens (tertiary/aromatic N) is 1. The van der Waals surface area contributed by atoms with Crippen molar-refractivity contribution in [3.63, 3.8) is 0 Å². The van der Waals surface area contributed by atoms with Crippen molar-refractivity contribution in [2.75, 3.05) is 6.54 Å². The molecule has 0 aliphatic carbocycles. The van der Waals surface area contributed by atoms with E-state index in [-0.39, 0.29) is 12.5 Å². The average molecular weight is 208 g/mol. The summed E-state index contributed by atoms with van der Waals surface area (Å²) in [5, 5.41) is 2.47. The molecular formula is C11H16N2O2. The molecule has 4 nitrogen and oxygen atoms in total. The van der Waals surface area contributed by atoms with Crippen LogP contribution >= 0.6 is 0 Å². The van der Waals surface area contributed by atoms with E-state index >= 15 is 0 Å². The Hall–Kier alpha value is -1.71. The molecule has 0 aromatic heterocycles. The third-order valence-electron chi connectivity index (χ3n) is 1.52. The number of nitrogens with one attached hydrogen (secondary N) is 1. The molecule has 82 valence electrons. The summed E-state index contributed by atoms with van der Waals surface area (Å²) in [6, 6.07) is 0. The number of carbonyl (C=O) groups is 2. The van der Waals surface area contributed by atoms with Crippen LogP contribution in [0.15, 0.2) is 28.9 Å². The maximum atomic E-state index is 11.4. The molecule has 0 saturated carbocycles. The summed E-state index contributed by atoms with van der Waals surface area (Å²) in [6.45, 7) is 3.76. The molecule has 0 unspecified atom stereocenters. The highest BCUT2D eigenvalue weighted by atomic mass is 16.2. The topological polar surface area (TPSA) is 58.5 Å². The molecule has 0 radical (unpaired) electrons. The largest absolute Gasteiger partial charge is 0.345 e. The van der Waals surface area contributed by atoms with E-state index in [1.807, 2.05) is 6.92 Å². The Labute approximate surface area is 89.8 Å². The lowest BCUT2D eigenvalue weighted by Crippen LogP contribution is -2.26. The minimum atomic E-state index is -0.258. The number of aliphatic imine (C=N–C) groups is 1. The van der Waals surface area contributed by atoms with E-state index in [0.29, 0.717) is 11.9 Å². The van der Waals surface area contributed by atoms with E-state index in [1.165, 1.54) is 0 Å². The van der Waals surface area contributed by atoms with E-state index < -0.39 is 0 Å². The van der Waals surface area contributed by atoms with Crippen LogP contribution in [0.25, 0.3) is 0 Å². The first-order valence-corrected chi connectivity index (χ1v) is 4.82. The molecule has 0 atom stereocenters. The van der Waals surface area contributed by atoms with Gasteiger partial charge in [-0.2, -0.15) is 0 Å². The highest BCUT2D eigenvalue weighted by molar-refractivity contribution is 5.96. The number of rotatable bonds is 6. The minimum absolute atomic E-state index is 0.0325. The third-order valence-corrected chi connectivity index (χ3v) is 1.52. The van der Waals surface area contributed by atoms with E-state index in [2.05, 4.69) is 10.3 Å². The van der Waals surface area contributed by atoms with Gasteiger partial charge < -0.3 is 10.1 Å². The lowest BCUT2D eigenvalue weighted by atomic mass is 10.2. The molecular weight excluding hydrogens is 192 g/mol. The van der Waals surface area contributed by atoms with Gasteiger partial charge in [0.25, 0.3) is 5.91 Å². The second-order valence-electron chi connectivity index (χ2n) is 2.67. The predicted octanol–water partition coefficient (Wildman–Crippen LogP) is 1.24. The number of amides is 1. The van der Waals surface area contributed by atoms with Gasteiger partial charge in [-0.25, -0.2) is 0 Å². The van der Waals surface area contributed by atoms with E-state index in [1.54, 1.807) is 31.5 Å². The highest BCUT2D eigenvalue weighted by Crippen LogP contribution is 1.99. The Morgan fingerprint density at radius 3 is 2.73 bits per heavy atom. The normalized spacial score (nSPS) is 12.3. The molecule has 1 amide bonds. The Bertz CT molecular complexity index is 291. The van der Waals surface area contributed by atoms with Gasteiger partial charge >= 0.3 is 0 Å². The fraction of sp³-hybridized carbons (Fsp3) is 0.364. The Morgan fingerprint density at radius 1 is 1.47 bits per heavy atom. The van der Waals surface area contributed by atoms with Gasteiger partial charge in [0.1, 0.15) is 6.29 Å². The summed E-state index contributed by atoms with van der Waals surface area (Å²) < 4.78 is 0. The Kier molecular flexibility index (Phi) is 7.86. The number of aldehydes is 1. The summed E-state index contributed by atoms with van der Waals surface area (Å²) >= 11 is 0. The van der Waals surface area contributed by atoms with Gasteiger partial charge in [0.15, 0.2) is 0 Å². The maximum Gasteiger partial charge on any atom is 0.251 e. The van der Waals surface area contributed by atoms with Gasteiger partial charge in [-0.3, -0.25) is 9.79 Å². The predicted molar refractivity (Wildman–Crippen MR) is 60.8 cm³/mol. The van der Waals surface area contributed by atoms with Crippen molar-refractivity contribution in [1.29, 1.82) is 0 Å². The molecule has 0 fully saturated rings. The molecule has 0 aromatic rings. The van der Waals surface area contributed by atoms with Gasteiger partial charge in [0.2, 0.25) is 0 Å². The van der Waals surface area contributed by atoms with Gasteiger partial charge in [0.05, 0.1) is 6.54 Å². The lowest BCUT2D eigenvalue weighted by Gasteiger charge is -2.01. The van der Waals surface area contributed by atoms with Crippen LogP contribution in [0.2, 0.25) is 0 Å². The SMILES string of the molecule is CC=N/C=C\C(=C/CC)C(=O)NCC=O. The van der Waals surface area contributed by atoms with Crippen LogP contribution < -0.4 is 5.32 Å². The first kappa shape index (κ1) is 13.3. The summed E-state index contributed by atoms with van der Waals surface area (Å²) in [7, 11) is 0. The van der Waals surface area contributed by atoms with Crippen molar-refractivity contribution in [3.8, 4) is 0 Å². The summed E-state index contributed by atoms with van der Waals surface area (Å²) in [5.41, 5.74) is 0.518. The minimum Gasteiger partial charge on any atom is -0.345 e. The van der Waals surface area contributed by atoms with Gasteiger partial charge in [-0.05, 0) is 19.4 Å². The maximum absolute atomic E-state index is 11.4. The van der Waals surface area contributed by atoms with E-state index in [9.17, 15) is 9.59 Å². The molecule has 0 rings (SSSR count). The number of carbonyl (C=O) groups excluding carboxylic acids is 2. The molecule has 4 heteroatoms. The number of hydrogen-bond donors (Lipinski definition) is 1. The molecule has 0 bridgehead atoms. The van der Waals surface area contributed by atoms with Gasteiger partial charge in [-0.15, -0.1) is 0 Å². The molecule has 0 aliphatic rings. The zero-order chi connectivity index (χ0) is 11.5. The van der Waals surface area contributed by atoms with Crippen LogP contribution in [0.4, 0.5) is 0 Å². The first-order valence-electron chi connectivity index (χ1n) is 4.82. The van der Waals surface area contributed by atoms with Crippen LogP contribution in [-0.2, 0) is 9.59 Å². The number of allylic oxidation sites excluding steroid dienone is 1. The van der Waals surface area contributed by atoms with E-state index in [4.69, 9.17) is 0 Å². The van der Waals surface area contributed by atoms with Crippen molar-refractivity contribution in [2.24, 2.45) is 4.99 Å². The summed E-state index contributed by atoms with van der Waals surface area (Å²) in [6.07, 6.45) is 7.97. The lowest BCUT2D eigenvalue weighted by molar-refractivity contribution is -0.119. The molecule has 15 heavy (non-hydrogen) atoms. The van der Waals surface area contributed by atoms with Crippen molar-refractivity contribution < 1.29 is 9.59 Å². The molecule has 0 heterocycles. The van der Waals surface area contributed by atoms with Crippen molar-refractivity contribution in [1.82, 2.24) is 5.32 Å². The van der Waals surface area contributed by atoms with Crippen molar-refractivity contribution >= 4 is 18.4 Å². The van der Waals surface area contributed by atoms with Crippen LogP contribution in [0.5, 0.6) is 0 Å². The van der Waals surface area contributed by atoms with Crippen molar-refractivity contribution in [3.05, 3.63) is 23.9 Å². The summed E-state index contributed by atoms with van der Waals surface area (Å²) in [4.78, 5) is 25.4. The van der Waals surface area contributed by atoms with Gasteiger partial charge in [-0.1, -0.05) is 13.0 Å². The van der Waals surface area contributed by atoms with Crippen LogP contribution in [0.3, 0.4) is 0 Å². The van der Waals surface area contributed by atoms with Crippen LogP contribution in [-0.4, -0.2) is 25.0 Å². The molecule has 0 aliphatic heterocycles. The number of hydrogen-bond acceptors (Lipinski definition) is 3. The fourth-order valence-corrected chi connectivity index (χ4v) is 0.902. The summed E-state index contributed by atoms with van der Waals surface area (Å²) in [5.74, 6) is -0.258. The smallest absolute Gasteiger partial charge is 0.251 e. The average Bonchev–Trinajstić information content (AvgIpc) is 2.25. The van der Waals surface area contributed by atoms with E-state index in [0.717, 1.165) is 6.42 Å². The second kappa shape index (κ2) is 8.87. The van der Waals surface area contributed by atoms with Crippen LogP contribution in [0.1, 0.15) is 20.3 Å². The molecule has 1 N–H and O–H groups in total. The standard InChI is InChI=1S/C11H16N2O2/c1-3-5-10(6-7-12-4-2)11(15)13-8-9-14/h4-7,9H,3,8H2,1-2H3,(H,13,15)/b7-6-,10-5+,12-4?. The zero-order valence-electron chi connectivity index (χ0n) is 9.06. The zero-order valence-corrected chi connectivity index (χ0v) is 9.06. The Balaban J connectivity index is 4.45. The van der Waals surface area contributed by atoms with Gasteiger partial charge in [0, 0.05) is 18.0 Å². The van der Waals surface area contributed by atoms with Crippen LogP contribution in [0, 0.1) is 0 Å². The molecule has 0 spiro atoms. The quantitative estimate of drug-likeness (QED) is 0.309. The second-order valence-corrected chi connectivity index (χ2v) is 2.67.